The second-order valence-electron chi connectivity index (χ2n) is 5.60. The number of benzene rings is 2. The number of carbonyl (C=O) groups is 1. The van der Waals surface area contributed by atoms with Gasteiger partial charge in [0, 0.05) is 18.7 Å². The summed E-state index contributed by atoms with van der Waals surface area (Å²) in [5, 5.41) is 11.8. The van der Waals surface area contributed by atoms with Gasteiger partial charge < -0.3 is 5.32 Å². The third kappa shape index (κ3) is 4.68. The molecule has 0 atom stereocenters. The Bertz CT molecular complexity index is 712. The van der Waals surface area contributed by atoms with Crippen molar-refractivity contribution in [2.75, 3.05) is 13.1 Å². The molecule has 1 N–H and O–H groups in total. The monoisotopic (exact) mass is 321 g/mol. The minimum Gasteiger partial charge on any atom is -0.348 e. The summed E-state index contributed by atoms with van der Waals surface area (Å²) >= 11 is 0. The number of hydrogen-bond acceptors (Lipinski definition) is 3. The van der Waals surface area contributed by atoms with Gasteiger partial charge in [0.25, 0.3) is 5.91 Å². The fraction of sp³-hybridized carbons (Fsp3) is 0.300. The molecule has 1 amide bonds. The summed E-state index contributed by atoms with van der Waals surface area (Å²) in [6.45, 7) is 7.69. The van der Waals surface area contributed by atoms with E-state index in [0.29, 0.717) is 17.7 Å². The predicted molar refractivity (Wildman–Crippen MR) is 95.4 cm³/mol. The van der Waals surface area contributed by atoms with Crippen LogP contribution in [0.3, 0.4) is 0 Å². The Morgan fingerprint density at radius 3 is 2.25 bits per heavy atom. The highest BCUT2D eigenvalue weighted by atomic mass is 16.1. The average molecular weight is 321 g/mol. The molecule has 24 heavy (non-hydrogen) atoms. The van der Waals surface area contributed by atoms with E-state index >= 15 is 0 Å². The Labute approximate surface area is 143 Å². The standard InChI is InChI=1S/C20H23N3O/c1-3-23(4-2)15-19-8-6-5-7-18(19)14-22-20(24)17-11-9-16(13-21)10-12-17/h5-12H,3-4,14-15H2,1-2H3,(H,22,24). The van der Waals surface area contributed by atoms with E-state index in [1.807, 2.05) is 12.1 Å². The van der Waals surface area contributed by atoms with Crippen LogP contribution >= 0.6 is 0 Å². The first-order valence-electron chi connectivity index (χ1n) is 8.25. The van der Waals surface area contributed by atoms with Crippen molar-refractivity contribution in [1.29, 1.82) is 5.26 Å². The zero-order valence-electron chi connectivity index (χ0n) is 14.2. The molecule has 0 bridgehead atoms. The zero-order chi connectivity index (χ0) is 17.4. The Morgan fingerprint density at radius 1 is 1.04 bits per heavy atom. The number of carbonyl (C=O) groups excluding carboxylic acids is 1. The van der Waals surface area contributed by atoms with Crippen LogP contribution in [0.5, 0.6) is 0 Å². The molecule has 0 unspecified atom stereocenters. The van der Waals surface area contributed by atoms with Gasteiger partial charge in [0.1, 0.15) is 0 Å². The van der Waals surface area contributed by atoms with Gasteiger partial charge in [-0.2, -0.15) is 5.26 Å². The van der Waals surface area contributed by atoms with Crippen molar-refractivity contribution in [3.8, 4) is 6.07 Å². The SMILES string of the molecule is CCN(CC)Cc1ccccc1CNC(=O)c1ccc(C#N)cc1. The van der Waals surface area contributed by atoms with Crippen LogP contribution < -0.4 is 5.32 Å². The smallest absolute Gasteiger partial charge is 0.251 e. The molecule has 2 rings (SSSR count). The Kier molecular flexibility index (Phi) is 6.53. The molecule has 2 aromatic carbocycles. The van der Waals surface area contributed by atoms with E-state index < -0.39 is 0 Å². The summed E-state index contributed by atoms with van der Waals surface area (Å²) in [6, 6.07) is 16.9. The average Bonchev–Trinajstić information content (AvgIpc) is 2.65. The zero-order valence-corrected chi connectivity index (χ0v) is 14.2. The molecular weight excluding hydrogens is 298 g/mol. The molecule has 0 aliphatic carbocycles. The number of nitrogens with zero attached hydrogens (tertiary/aromatic N) is 2. The second kappa shape index (κ2) is 8.85. The highest BCUT2D eigenvalue weighted by Crippen LogP contribution is 2.12. The van der Waals surface area contributed by atoms with E-state index in [1.165, 1.54) is 5.56 Å². The molecule has 0 aromatic heterocycles. The lowest BCUT2D eigenvalue weighted by Crippen LogP contribution is -2.26. The minimum absolute atomic E-state index is 0.128. The number of hydrogen-bond donors (Lipinski definition) is 1. The third-order valence-corrected chi connectivity index (χ3v) is 4.12. The molecule has 0 heterocycles. The predicted octanol–water partition coefficient (Wildman–Crippen LogP) is 3.33. The van der Waals surface area contributed by atoms with E-state index in [0.717, 1.165) is 25.2 Å². The van der Waals surface area contributed by atoms with Gasteiger partial charge in [0.15, 0.2) is 0 Å². The molecule has 2 aromatic rings. The van der Waals surface area contributed by atoms with E-state index in [4.69, 9.17) is 5.26 Å². The van der Waals surface area contributed by atoms with Crippen LogP contribution in [0.15, 0.2) is 48.5 Å². The lowest BCUT2D eigenvalue weighted by Gasteiger charge is -2.20. The molecule has 0 radical (unpaired) electrons. The molecule has 0 aliphatic heterocycles. The van der Waals surface area contributed by atoms with Gasteiger partial charge in [-0.25, -0.2) is 0 Å². The fourth-order valence-corrected chi connectivity index (χ4v) is 2.55. The number of nitrogens with one attached hydrogen (secondary N) is 1. The summed E-state index contributed by atoms with van der Waals surface area (Å²) in [5.74, 6) is -0.128. The van der Waals surface area contributed by atoms with Crippen LogP contribution in [0.2, 0.25) is 0 Å². The van der Waals surface area contributed by atoms with Crippen LogP contribution in [0.1, 0.15) is 40.9 Å². The first kappa shape index (κ1) is 17.7. The highest BCUT2D eigenvalue weighted by Gasteiger charge is 2.09. The normalized spacial score (nSPS) is 10.4. The van der Waals surface area contributed by atoms with Crippen LogP contribution in [0.25, 0.3) is 0 Å². The molecule has 0 fully saturated rings. The summed E-state index contributed by atoms with van der Waals surface area (Å²) in [6.07, 6.45) is 0. The molecular formula is C20H23N3O. The highest BCUT2D eigenvalue weighted by molar-refractivity contribution is 5.94. The molecule has 4 nitrogen and oxygen atoms in total. The van der Waals surface area contributed by atoms with Gasteiger partial charge in [0.2, 0.25) is 0 Å². The van der Waals surface area contributed by atoms with Crippen molar-refractivity contribution in [3.63, 3.8) is 0 Å². The molecule has 0 spiro atoms. The molecule has 0 aliphatic rings. The van der Waals surface area contributed by atoms with Crippen molar-refractivity contribution in [3.05, 3.63) is 70.8 Å². The van der Waals surface area contributed by atoms with Crippen molar-refractivity contribution in [2.24, 2.45) is 0 Å². The molecule has 0 saturated carbocycles. The lowest BCUT2D eigenvalue weighted by atomic mass is 10.1. The first-order chi connectivity index (χ1) is 11.7. The largest absolute Gasteiger partial charge is 0.348 e. The van der Waals surface area contributed by atoms with Crippen LogP contribution in [0.4, 0.5) is 0 Å². The summed E-state index contributed by atoms with van der Waals surface area (Å²) in [4.78, 5) is 14.6. The Morgan fingerprint density at radius 2 is 1.67 bits per heavy atom. The van der Waals surface area contributed by atoms with Crippen molar-refractivity contribution < 1.29 is 4.79 Å². The number of nitriles is 1. The van der Waals surface area contributed by atoms with Gasteiger partial charge in [-0.1, -0.05) is 38.1 Å². The molecule has 4 heteroatoms. The number of amides is 1. The summed E-state index contributed by atoms with van der Waals surface area (Å²) in [5.41, 5.74) is 3.49. The maximum atomic E-state index is 12.3. The van der Waals surface area contributed by atoms with Gasteiger partial charge in [-0.15, -0.1) is 0 Å². The molecule has 124 valence electrons. The number of rotatable bonds is 7. The Balaban J connectivity index is 2.03. The van der Waals surface area contributed by atoms with Crippen LogP contribution in [-0.2, 0) is 13.1 Å². The van der Waals surface area contributed by atoms with Gasteiger partial charge in [0.05, 0.1) is 11.6 Å². The van der Waals surface area contributed by atoms with Gasteiger partial charge in [-0.05, 0) is 48.5 Å². The minimum atomic E-state index is -0.128. The topological polar surface area (TPSA) is 56.1 Å². The van der Waals surface area contributed by atoms with Crippen LogP contribution in [-0.4, -0.2) is 23.9 Å². The van der Waals surface area contributed by atoms with Gasteiger partial charge in [-0.3, -0.25) is 9.69 Å². The Hall–Kier alpha value is -2.64. The summed E-state index contributed by atoms with van der Waals surface area (Å²) in [7, 11) is 0. The van der Waals surface area contributed by atoms with E-state index in [1.54, 1.807) is 24.3 Å². The van der Waals surface area contributed by atoms with Gasteiger partial charge >= 0.3 is 0 Å². The summed E-state index contributed by atoms with van der Waals surface area (Å²) < 4.78 is 0. The van der Waals surface area contributed by atoms with E-state index in [9.17, 15) is 4.79 Å². The van der Waals surface area contributed by atoms with Crippen LogP contribution in [0, 0.1) is 11.3 Å². The van der Waals surface area contributed by atoms with Crippen molar-refractivity contribution in [2.45, 2.75) is 26.9 Å². The second-order valence-corrected chi connectivity index (χ2v) is 5.60. The maximum Gasteiger partial charge on any atom is 0.251 e. The van der Waals surface area contributed by atoms with E-state index in [2.05, 4.69) is 42.3 Å². The first-order valence-corrected chi connectivity index (χ1v) is 8.25. The van der Waals surface area contributed by atoms with E-state index in [-0.39, 0.29) is 5.91 Å². The van der Waals surface area contributed by atoms with Crippen molar-refractivity contribution in [1.82, 2.24) is 10.2 Å². The quantitative estimate of drug-likeness (QED) is 0.851. The fourth-order valence-electron chi connectivity index (χ4n) is 2.55. The maximum absolute atomic E-state index is 12.3. The molecule has 0 saturated heterocycles. The van der Waals surface area contributed by atoms with Crippen molar-refractivity contribution >= 4 is 5.91 Å². The third-order valence-electron chi connectivity index (χ3n) is 4.12. The lowest BCUT2D eigenvalue weighted by molar-refractivity contribution is 0.0950.